The fraction of sp³-hybridized carbons (Fsp3) is 0.364. The minimum atomic E-state index is -3.29. The van der Waals surface area contributed by atoms with Crippen LogP contribution in [0.15, 0.2) is 24.3 Å². The van der Waals surface area contributed by atoms with Crippen LogP contribution in [0.1, 0.15) is 11.6 Å². The molecule has 0 aliphatic carbocycles. The van der Waals surface area contributed by atoms with E-state index in [1.54, 1.807) is 31.4 Å². The number of hydrogen-bond acceptors (Lipinski definition) is 4. The predicted molar refractivity (Wildman–Crippen MR) is 62.5 cm³/mol. The van der Waals surface area contributed by atoms with E-state index in [0.717, 1.165) is 5.56 Å². The van der Waals surface area contributed by atoms with Gasteiger partial charge in [0.1, 0.15) is 11.5 Å². The Morgan fingerprint density at radius 1 is 1.29 bits per heavy atom. The summed E-state index contributed by atoms with van der Waals surface area (Å²) in [7, 11) is -1.73. The molecule has 1 aromatic carbocycles. The molecule has 92 valence electrons. The van der Waals surface area contributed by atoms with E-state index in [1.807, 2.05) is 0 Å². The summed E-state index contributed by atoms with van der Waals surface area (Å²) in [6.45, 7) is 0. The van der Waals surface area contributed by atoms with Gasteiger partial charge < -0.3 is 10.1 Å². The van der Waals surface area contributed by atoms with Crippen LogP contribution in [-0.4, -0.2) is 32.9 Å². The fourth-order valence-electron chi connectivity index (χ4n) is 1.81. The molecule has 0 radical (unpaired) electrons. The third-order valence-corrected chi connectivity index (χ3v) is 4.17. The van der Waals surface area contributed by atoms with Gasteiger partial charge in [-0.05, 0) is 17.7 Å². The lowest BCUT2D eigenvalue weighted by molar-refractivity contribution is -0.119. The van der Waals surface area contributed by atoms with Gasteiger partial charge in [-0.2, -0.15) is 0 Å². The van der Waals surface area contributed by atoms with Crippen molar-refractivity contribution in [2.24, 2.45) is 0 Å². The van der Waals surface area contributed by atoms with Crippen molar-refractivity contribution in [3.8, 4) is 5.75 Å². The Morgan fingerprint density at radius 2 is 1.94 bits per heavy atom. The third-order valence-electron chi connectivity index (χ3n) is 2.62. The minimum Gasteiger partial charge on any atom is -0.497 e. The molecule has 1 aliphatic rings. The van der Waals surface area contributed by atoms with Crippen molar-refractivity contribution in [2.75, 3.05) is 18.6 Å². The number of benzene rings is 1. The molecule has 6 heteroatoms. The van der Waals surface area contributed by atoms with E-state index in [2.05, 4.69) is 5.32 Å². The van der Waals surface area contributed by atoms with Crippen LogP contribution >= 0.6 is 0 Å². The van der Waals surface area contributed by atoms with E-state index in [-0.39, 0.29) is 5.75 Å². The van der Waals surface area contributed by atoms with Crippen LogP contribution in [0.4, 0.5) is 0 Å². The number of hydrogen-bond donors (Lipinski definition) is 1. The molecule has 1 saturated heterocycles. The zero-order valence-electron chi connectivity index (χ0n) is 9.34. The summed E-state index contributed by atoms with van der Waals surface area (Å²) in [6.07, 6.45) is 0. The van der Waals surface area contributed by atoms with Crippen molar-refractivity contribution in [1.82, 2.24) is 5.32 Å². The zero-order chi connectivity index (χ0) is 12.5. The Hall–Kier alpha value is -1.56. The molecular weight excluding hydrogens is 242 g/mol. The van der Waals surface area contributed by atoms with Gasteiger partial charge in [-0.25, -0.2) is 8.42 Å². The number of carbonyl (C=O) groups is 1. The Balaban J connectivity index is 2.24. The van der Waals surface area contributed by atoms with Crippen LogP contribution in [0.3, 0.4) is 0 Å². The van der Waals surface area contributed by atoms with Gasteiger partial charge in [-0.15, -0.1) is 0 Å². The predicted octanol–water partition coefficient (Wildman–Crippen LogP) is 0.281. The van der Waals surface area contributed by atoms with E-state index >= 15 is 0 Å². The molecule has 1 heterocycles. The summed E-state index contributed by atoms with van der Waals surface area (Å²) in [5.41, 5.74) is 0.766. The average Bonchev–Trinajstić information content (AvgIpc) is 2.26. The van der Waals surface area contributed by atoms with Crippen LogP contribution in [0.25, 0.3) is 0 Å². The third kappa shape index (κ3) is 2.76. The number of ether oxygens (including phenoxy) is 1. The molecule has 0 spiro atoms. The highest BCUT2D eigenvalue weighted by molar-refractivity contribution is 7.92. The van der Waals surface area contributed by atoms with E-state index < -0.39 is 27.5 Å². The first-order valence-corrected chi connectivity index (χ1v) is 6.96. The second-order valence-corrected chi connectivity index (χ2v) is 6.06. The highest BCUT2D eigenvalue weighted by Crippen LogP contribution is 2.21. The van der Waals surface area contributed by atoms with Crippen molar-refractivity contribution >= 4 is 15.7 Å². The molecule has 1 amide bonds. The van der Waals surface area contributed by atoms with Crippen LogP contribution in [0, 0.1) is 0 Å². The molecule has 1 unspecified atom stereocenters. The molecular formula is C11H13NO4S. The lowest BCUT2D eigenvalue weighted by Gasteiger charge is -2.23. The van der Waals surface area contributed by atoms with Gasteiger partial charge in [-0.3, -0.25) is 4.79 Å². The summed E-state index contributed by atoms with van der Waals surface area (Å²) in [4.78, 5) is 11.3. The highest BCUT2D eigenvalue weighted by Gasteiger charge is 2.30. The summed E-state index contributed by atoms with van der Waals surface area (Å²) < 4.78 is 28.0. The lowest BCUT2D eigenvalue weighted by atomic mass is 10.1. The van der Waals surface area contributed by atoms with E-state index in [1.165, 1.54) is 0 Å². The average molecular weight is 255 g/mol. The Labute approximate surface area is 99.7 Å². The quantitative estimate of drug-likeness (QED) is 0.824. The molecule has 1 fully saturated rings. The molecule has 0 aromatic heterocycles. The van der Waals surface area contributed by atoms with Crippen molar-refractivity contribution in [1.29, 1.82) is 0 Å². The van der Waals surface area contributed by atoms with Crippen LogP contribution in [0.5, 0.6) is 5.75 Å². The fourth-order valence-corrected chi connectivity index (χ4v) is 3.19. The number of methoxy groups -OCH3 is 1. The summed E-state index contributed by atoms with van der Waals surface area (Å²) >= 11 is 0. The van der Waals surface area contributed by atoms with Gasteiger partial charge in [0.15, 0.2) is 9.84 Å². The van der Waals surface area contributed by atoms with Gasteiger partial charge in [0.25, 0.3) is 0 Å². The van der Waals surface area contributed by atoms with Crippen molar-refractivity contribution in [3.05, 3.63) is 29.8 Å². The second-order valence-electron chi connectivity index (χ2n) is 3.95. The van der Waals surface area contributed by atoms with Gasteiger partial charge in [0, 0.05) is 0 Å². The van der Waals surface area contributed by atoms with Gasteiger partial charge in [-0.1, -0.05) is 12.1 Å². The first-order valence-electron chi connectivity index (χ1n) is 5.14. The topological polar surface area (TPSA) is 72.5 Å². The number of sulfone groups is 1. The maximum absolute atomic E-state index is 11.5. The molecule has 2 rings (SSSR count). The monoisotopic (exact) mass is 255 g/mol. The number of amides is 1. The van der Waals surface area contributed by atoms with Crippen molar-refractivity contribution in [3.63, 3.8) is 0 Å². The van der Waals surface area contributed by atoms with Crippen LogP contribution in [-0.2, 0) is 14.6 Å². The SMILES string of the molecule is COc1ccc(C2CS(=O)(=O)CC(=O)N2)cc1. The molecule has 0 bridgehead atoms. The first kappa shape index (κ1) is 11.9. The first-order chi connectivity index (χ1) is 8.00. The Bertz CT molecular complexity index is 521. The van der Waals surface area contributed by atoms with Crippen molar-refractivity contribution < 1.29 is 17.9 Å². The normalized spacial score (nSPS) is 22.9. The standard InChI is InChI=1S/C11H13NO4S/c1-16-9-4-2-8(3-5-9)10-6-17(14,15)7-11(13)12-10/h2-5,10H,6-7H2,1H3,(H,12,13). The van der Waals surface area contributed by atoms with Crippen molar-refractivity contribution in [2.45, 2.75) is 6.04 Å². The summed E-state index contributed by atoms with van der Waals surface area (Å²) in [6, 6.07) is 6.52. The molecule has 1 N–H and O–H groups in total. The van der Waals surface area contributed by atoms with Gasteiger partial charge in [0.2, 0.25) is 5.91 Å². The molecule has 1 aliphatic heterocycles. The maximum atomic E-state index is 11.5. The zero-order valence-corrected chi connectivity index (χ0v) is 10.2. The smallest absolute Gasteiger partial charge is 0.235 e. The summed E-state index contributed by atoms with van der Waals surface area (Å²) in [5, 5.41) is 2.67. The molecule has 5 nitrogen and oxygen atoms in total. The van der Waals surface area contributed by atoms with Gasteiger partial charge >= 0.3 is 0 Å². The Kier molecular flexibility index (Phi) is 3.06. The second kappa shape index (κ2) is 4.37. The largest absolute Gasteiger partial charge is 0.497 e. The number of carbonyl (C=O) groups excluding carboxylic acids is 1. The van der Waals surface area contributed by atoms with Crippen LogP contribution in [0.2, 0.25) is 0 Å². The molecule has 0 saturated carbocycles. The van der Waals surface area contributed by atoms with Crippen LogP contribution < -0.4 is 10.1 Å². The minimum absolute atomic E-state index is 0.0505. The lowest BCUT2D eigenvalue weighted by Crippen LogP contribution is -2.43. The molecule has 17 heavy (non-hydrogen) atoms. The van der Waals surface area contributed by atoms with E-state index in [4.69, 9.17) is 4.74 Å². The van der Waals surface area contributed by atoms with E-state index in [9.17, 15) is 13.2 Å². The summed E-state index contributed by atoms with van der Waals surface area (Å²) in [5.74, 6) is -0.221. The molecule has 1 atom stereocenters. The highest BCUT2D eigenvalue weighted by atomic mass is 32.2. The van der Waals surface area contributed by atoms with Gasteiger partial charge in [0.05, 0.1) is 18.9 Å². The number of rotatable bonds is 2. The number of nitrogens with one attached hydrogen (secondary N) is 1. The molecule has 1 aromatic rings. The Morgan fingerprint density at radius 3 is 2.47 bits per heavy atom. The van der Waals surface area contributed by atoms with E-state index in [0.29, 0.717) is 5.75 Å². The maximum Gasteiger partial charge on any atom is 0.235 e.